The van der Waals surface area contributed by atoms with Gasteiger partial charge in [-0.3, -0.25) is 4.57 Å². The van der Waals surface area contributed by atoms with E-state index >= 15 is 0 Å². The lowest BCUT2D eigenvalue weighted by Crippen LogP contribution is -2.02. The van der Waals surface area contributed by atoms with Crippen LogP contribution in [0.3, 0.4) is 0 Å². The maximum atomic E-state index is 6.29. The molecule has 0 fully saturated rings. The fourth-order valence-corrected chi connectivity index (χ4v) is 3.06. The molecule has 0 N–H and O–H groups in total. The van der Waals surface area contributed by atoms with E-state index in [2.05, 4.69) is 50.3 Å². The summed E-state index contributed by atoms with van der Waals surface area (Å²) in [4.78, 5) is 4.62. The molecule has 0 radical (unpaired) electrons. The highest BCUT2D eigenvalue weighted by Crippen LogP contribution is 2.30. The van der Waals surface area contributed by atoms with E-state index in [1.807, 2.05) is 31.2 Å². The Morgan fingerprint density at radius 2 is 2.00 bits per heavy atom. The number of benzene rings is 2. The van der Waals surface area contributed by atoms with Crippen molar-refractivity contribution in [2.45, 2.75) is 12.3 Å². The standard InChI is InChI=1S/C15H11Cl2IN2/c1-9(16)15-19-13-7-10(17)5-6-14(13)20(15)12-4-2-3-11(18)8-12/h2-9H,1H3. The second kappa shape index (κ2) is 5.54. The van der Waals surface area contributed by atoms with Gasteiger partial charge in [0.2, 0.25) is 0 Å². The lowest BCUT2D eigenvalue weighted by Gasteiger charge is -2.11. The van der Waals surface area contributed by atoms with Crippen molar-refractivity contribution in [3.05, 3.63) is 56.9 Å². The summed E-state index contributed by atoms with van der Waals surface area (Å²) in [6.45, 7) is 1.93. The third kappa shape index (κ3) is 2.54. The molecule has 0 spiro atoms. The summed E-state index contributed by atoms with van der Waals surface area (Å²) in [6, 6.07) is 14.0. The van der Waals surface area contributed by atoms with E-state index in [1.54, 1.807) is 0 Å². The number of imidazole rings is 1. The van der Waals surface area contributed by atoms with Gasteiger partial charge in [0.1, 0.15) is 5.82 Å². The summed E-state index contributed by atoms with van der Waals surface area (Å²) >= 11 is 14.6. The highest BCUT2D eigenvalue weighted by molar-refractivity contribution is 14.1. The number of aromatic nitrogens is 2. The van der Waals surface area contributed by atoms with E-state index in [0.717, 1.165) is 22.5 Å². The first kappa shape index (κ1) is 14.2. The van der Waals surface area contributed by atoms with Crippen LogP contribution in [-0.2, 0) is 0 Å². The summed E-state index contributed by atoms with van der Waals surface area (Å²) in [6.07, 6.45) is 0. The Morgan fingerprint density at radius 3 is 2.70 bits per heavy atom. The van der Waals surface area contributed by atoms with Gasteiger partial charge in [0.15, 0.2) is 0 Å². The van der Waals surface area contributed by atoms with Crippen molar-refractivity contribution in [1.29, 1.82) is 0 Å². The van der Waals surface area contributed by atoms with Gasteiger partial charge in [-0.05, 0) is 65.9 Å². The average Bonchev–Trinajstić information content (AvgIpc) is 2.77. The molecule has 3 rings (SSSR count). The van der Waals surface area contributed by atoms with Crippen LogP contribution in [0.15, 0.2) is 42.5 Å². The van der Waals surface area contributed by atoms with Gasteiger partial charge in [0, 0.05) is 14.3 Å². The largest absolute Gasteiger partial charge is 0.295 e. The van der Waals surface area contributed by atoms with Gasteiger partial charge in [0.25, 0.3) is 0 Å². The molecular weight excluding hydrogens is 406 g/mol. The highest BCUT2D eigenvalue weighted by atomic mass is 127. The van der Waals surface area contributed by atoms with Crippen molar-refractivity contribution in [2.75, 3.05) is 0 Å². The van der Waals surface area contributed by atoms with Crippen LogP contribution in [0, 0.1) is 3.57 Å². The zero-order valence-corrected chi connectivity index (χ0v) is 14.3. The predicted molar refractivity (Wildman–Crippen MR) is 93.1 cm³/mol. The summed E-state index contributed by atoms with van der Waals surface area (Å²) < 4.78 is 3.26. The molecule has 1 atom stereocenters. The van der Waals surface area contributed by atoms with Gasteiger partial charge >= 0.3 is 0 Å². The molecule has 102 valence electrons. The van der Waals surface area contributed by atoms with Crippen LogP contribution in [-0.4, -0.2) is 9.55 Å². The molecule has 0 amide bonds. The van der Waals surface area contributed by atoms with Crippen LogP contribution in [0.4, 0.5) is 0 Å². The van der Waals surface area contributed by atoms with E-state index < -0.39 is 0 Å². The molecule has 0 aliphatic rings. The predicted octanol–water partition coefficient (Wildman–Crippen LogP) is 5.58. The summed E-state index contributed by atoms with van der Waals surface area (Å²) in [7, 11) is 0. The van der Waals surface area contributed by atoms with E-state index in [-0.39, 0.29) is 5.38 Å². The number of nitrogens with zero attached hydrogens (tertiary/aromatic N) is 2. The lowest BCUT2D eigenvalue weighted by molar-refractivity contribution is 0.882. The molecule has 1 heterocycles. The summed E-state index contributed by atoms with van der Waals surface area (Å²) in [5.74, 6) is 0.825. The van der Waals surface area contributed by atoms with Crippen LogP contribution in [0.1, 0.15) is 18.1 Å². The topological polar surface area (TPSA) is 17.8 Å². The number of alkyl halides is 1. The van der Waals surface area contributed by atoms with Gasteiger partial charge in [-0.1, -0.05) is 17.7 Å². The first-order chi connectivity index (χ1) is 9.56. The van der Waals surface area contributed by atoms with E-state index in [0.29, 0.717) is 5.02 Å². The molecule has 0 saturated heterocycles. The number of hydrogen-bond donors (Lipinski definition) is 0. The Kier molecular flexibility index (Phi) is 3.93. The molecular formula is C15H11Cl2IN2. The SMILES string of the molecule is CC(Cl)c1nc2cc(Cl)ccc2n1-c1cccc(I)c1. The van der Waals surface area contributed by atoms with E-state index in [1.165, 1.54) is 3.57 Å². The van der Waals surface area contributed by atoms with Gasteiger partial charge in [0.05, 0.1) is 16.4 Å². The molecule has 1 aromatic heterocycles. The molecule has 0 aliphatic carbocycles. The minimum atomic E-state index is -0.181. The fraction of sp³-hybridized carbons (Fsp3) is 0.133. The maximum absolute atomic E-state index is 6.29. The van der Waals surface area contributed by atoms with Gasteiger partial charge in [-0.25, -0.2) is 4.98 Å². The minimum absolute atomic E-state index is 0.181. The van der Waals surface area contributed by atoms with Crippen LogP contribution >= 0.6 is 45.8 Å². The van der Waals surface area contributed by atoms with Crippen LogP contribution in [0.5, 0.6) is 0 Å². The zero-order chi connectivity index (χ0) is 14.3. The van der Waals surface area contributed by atoms with Crippen molar-refractivity contribution in [2.24, 2.45) is 0 Å². The van der Waals surface area contributed by atoms with Crippen molar-refractivity contribution < 1.29 is 0 Å². The molecule has 0 bridgehead atoms. The second-order valence-electron chi connectivity index (χ2n) is 4.53. The maximum Gasteiger partial charge on any atom is 0.132 e. The van der Waals surface area contributed by atoms with Crippen molar-refractivity contribution in [3.8, 4) is 5.69 Å². The zero-order valence-electron chi connectivity index (χ0n) is 10.6. The number of hydrogen-bond acceptors (Lipinski definition) is 1. The third-order valence-corrected chi connectivity index (χ3v) is 4.17. The van der Waals surface area contributed by atoms with Crippen LogP contribution < -0.4 is 0 Å². The van der Waals surface area contributed by atoms with Crippen LogP contribution in [0.25, 0.3) is 16.7 Å². The Bertz CT molecular complexity index is 781. The highest BCUT2D eigenvalue weighted by Gasteiger charge is 2.16. The number of rotatable bonds is 2. The minimum Gasteiger partial charge on any atom is -0.295 e. The van der Waals surface area contributed by atoms with Crippen molar-refractivity contribution in [1.82, 2.24) is 9.55 Å². The fourth-order valence-electron chi connectivity index (χ4n) is 2.23. The first-order valence-corrected chi connectivity index (χ1v) is 8.03. The molecule has 2 nitrogen and oxygen atoms in total. The average molecular weight is 417 g/mol. The summed E-state index contributed by atoms with van der Waals surface area (Å²) in [5, 5.41) is 0.498. The molecule has 3 aromatic rings. The quantitative estimate of drug-likeness (QED) is 0.393. The third-order valence-electron chi connectivity index (χ3n) is 3.06. The Balaban J connectivity index is 2.34. The molecule has 2 aromatic carbocycles. The molecule has 0 aliphatic heterocycles. The van der Waals surface area contributed by atoms with Crippen molar-refractivity contribution in [3.63, 3.8) is 0 Å². The lowest BCUT2D eigenvalue weighted by atomic mass is 10.2. The van der Waals surface area contributed by atoms with Crippen LogP contribution in [0.2, 0.25) is 5.02 Å². The number of halogens is 3. The molecule has 5 heteroatoms. The normalized spacial score (nSPS) is 12.8. The smallest absolute Gasteiger partial charge is 0.132 e. The van der Waals surface area contributed by atoms with Gasteiger partial charge in [-0.15, -0.1) is 11.6 Å². The number of fused-ring (bicyclic) bond motifs is 1. The van der Waals surface area contributed by atoms with Gasteiger partial charge in [-0.2, -0.15) is 0 Å². The Morgan fingerprint density at radius 1 is 1.20 bits per heavy atom. The van der Waals surface area contributed by atoms with E-state index in [9.17, 15) is 0 Å². The first-order valence-electron chi connectivity index (χ1n) is 6.14. The Hall–Kier alpha value is -0.780. The summed E-state index contributed by atoms with van der Waals surface area (Å²) in [5.41, 5.74) is 2.93. The molecule has 20 heavy (non-hydrogen) atoms. The van der Waals surface area contributed by atoms with E-state index in [4.69, 9.17) is 23.2 Å². The van der Waals surface area contributed by atoms with Crippen molar-refractivity contribution >= 4 is 56.8 Å². The van der Waals surface area contributed by atoms with Gasteiger partial charge < -0.3 is 0 Å². The Labute approximate surface area is 140 Å². The second-order valence-corrected chi connectivity index (χ2v) is 6.87. The monoisotopic (exact) mass is 416 g/mol. The molecule has 0 saturated carbocycles. The molecule has 1 unspecified atom stereocenters.